The highest BCUT2D eigenvalue weighted by molar-refractivity contribution is 5.73. The van der Waals surface area contributed by atoms with Crippen molar-refractivity contribution in [1.82, 2.24) is 0 Å². The van der Waals surface area contributed by atoms with Crippen LogP contribution in [0.3, 0.4) is 0 Å². The molecule has 1 heterocycles. The molecule has 1 aromatic rings. The van der Waals surface area contributed by atoms with E-state index in [0.29, 0.717) is 6.61 Å². The number of amidine groups is 1. The molecule has 0 bridgehead atoms. The second kappa shape index (κ2) is 4.65. The van der Waals surface area contributed by atoms with E-state index in [2.05, 4.69) is 4.99 Å². The zero-order chi connectivity index (χ0) is 12.3. The molecular formula is C11H11N3O3. The summed E-state index contributed by atoms with van der Waals surface area (Å²) in [5.41, 5.74) is 6.32. The van der Waals surface area contributed by atoms with Gasteiger partial charge in [-0.3, -0.25) is 10.1 Å². The molecule has 0 unspecified atom stereocenters. The van der Waals surface area contributed by atoms with Gasteiger partial charge in [-0.2, -0.15) is 0 Å². The minimum Gasteiger partial charge on any atom is -0.463 e. The molecule has 1 aromatic carbocycles. The standard InChI is InChI=1S/C11H11N3O3/c12-11-13-9(7-17-11)4-1-8-2-5-10(6-3-8)14(15)16/h1-6,9H,7H2,(H2,12,13)/t9-/m0/s1. The van der Waals surface area contributed by atoms with Crippen LogP contribution in [-0.4, -0.2) is 23.6 Å². The van der Waals surface area contributed by atoms with Gasteiger partial charge in [0.2, 0.25) is 0 Å². The first-order valence-electron chi connectivity index (χ1n) is 5.04. The van der Waals surface area contributed by atoms with E-state index in [1.807, 2.05) is 12.2 Å². The number of hydrogen-bond donors (Lipinski definition) is 1. The average molecular weight is 233 g/mol. The van der Waals surface area contributed by atoms with E-state index in [1.54, 1.807) is 12.1 Å². The monoisotopic (exact) mass is 233 g/mol. The van der Waals surface area contributed by atoms with Crippen molar-refractivity contribution in [2.75, 3.05) is 6.61 Å². The third-order valence-corrected chi connectivity index (χ3v) is 2.31. The minimum atomic E-state index is -0.427. The fraction of sp³-hybridized carbons (Fsp3) is 0.182. The summed E-state index contributed by atoms with van der Waals surface area (Å²) in [4.78, 5) is 14.1. The molecule has 1 aliphatic rings. The van der Waals surface area contributed by atoms with Crippen molar-refractivity contribution in [3.63, 3.8) is 0 Å². The second-order valence-corrected chi connectivity index (χ2v) is 3.55. The van der Waals surface area contributed by atoms with Crippen molar-refractivity contribution in [3.05, 3.63) is 46.0 Å². The molecule has 0 fully saturated rings. The molecule has 1 atom stereocenters. The Labute approximate surface area is 97.6 Å². The molecule has 0 saturated carbocycles. The van der Waals surface area contributed by atoms with Gasteiger partial charge in [-0.15, -0.1) is 0 Å². The summed E-state index contributed by atoms with van der Waals surface area (Å²) in [5.74, 6) is 0. The number of nitro benzene ring substituents is 1. The fourth-order valence-electron chi connectivity index (χ4n) is 1.44. The number of nitrogens with zero attached hydrogens (tertiary/aromatic N) is 2. The molecule has 0 saturated heterocycles. The maximum absolute atomic E-state index is 10.5. The van der Waals surface area contributed by atoms with Crippen molar-refractivity contribution in [1.29, 1.82) is 0 Å². The zero-order valence-corrected chi connectivity index (χ0v) is 8.95. The largest absolute Gasteiger partial charge is 0.463 e. The Morgan fingerprint density at radius 3 is 2.71 bits per heavy atom. The van der Waals surface area contributed by atoms with Crippen LogP contribution in [-0.2, 0) is 4.74 Å². The lowest BCUT2D eigenvalue weighted by molar-refractivity contribution is -0.384. The summed E-state index contributed by atoms with van der Waals surface area (Å²) in [7, 11) is 0. The topological polar surface area (TPSA) is 90.8 Å². The number of rotatable bonds is 3. The van der Waals surface area contributed by atoms with Crippen LogP contribution in [0.2, 0.25) is 0 Å². The first-order chi connectivity index (χ1) is 8.15. The Bertz CT molecular complexity index is 479. The van der Waals surface area contributed by atoms with Crippen LogP contribution >= 0.6 is 0 Å². The van der Waals surface area contributed by atoms with Gasteiger partial charge in [0.05, 0.1) is 4.92 Å². The summed E-state index contributed by atoms with van der Waals surface area (Å²) in [6.45, 7) is 0.440. The lowest BCUT2D eigenvalue weighted by Crippen LogP contribution is -2.10. The Kier molecular flexibility index (Phi) is 3.04. The number of nitrogens with two attached hydrogens (primary N) is 1. The van der Waals surface area contributed by atoms with Crippen LogP contribution in [0.1, 0.15) is 5.56 Å². The molecule has 88 valence electrons. The third kappa shape index (κ3) is 2.81. The Morgan fingerprint density at radius 1 is 1.47 bits per heavy atom. The smallest absolute Gasteiger partial charge is 0.282 e. The summed E-state index contributed by atoms with van der Waals surface area (Å²) >= 11 is 0. The van der Waals surface area contributed by atoms with Crippen molar-refractivity contribution < 1.29 is 9.66 Å². The van der Waals surface area contributed by atoms with Gasteiger partial charge >= 0.3 is 0 Å². The maximum atomic E-state index is 10.5. The number of non-ortho nitro benzene ring substituents is 1. The summed E-state index contributed by atoms with van der Waals surface area (Å²) in [6, 6.07) is 6.40. The third-order valence-electron chi connectivity index (χ3n) is 2.31. The van der Waals surface area contributed by atoms with E-state index in [1.165, 1.54) is 12.1 Å². The van der Waals surface area contributed by atoms with Crippen LogP contribution in [0.25, 0.3) is 6.08 Å². The number of ether oxygens (including phenoxy) is 1. The molecular weight excluding hydrogens is 222 g/mol. The summed E-state index contributed by atoms with van der Waals surface area (Å²) in [6.07, 6.45) is 3.68. The number of nitro groups is 1. The number of aliphatic imine (C=N–C) groups is 1. The lowest BCUT2D eigenvalue weighted by atomic mass is 10.1. The fourth-order valence-corrected chi connectivity index (χ4v) is 1.44. The second-order valence-electron chi connectivity index (χ2n) is 3.55. The highest BCUT2D eigenvalue weighted by Gasteiger charge is 2.12. The molecule has 6 heteroatoms. The Morgan fingerprint density at radius 2 is 2.18 bits per heavy atom. The summed E-state index contributed by atoms with van der Waals surface area (Å²) < 4.78 is 4.99. The minimum absolute atomic E-state index is 0.0774. The first kappa shape index (κ1) is 11.1. The van der Waals surface area contributed by atoms with Crippen molar-refractivity contribution in [2.45, 2.75) is 6.04 Å². The number of benzene rings is 1. The highest BCUT2D eigenvalue weighted by Crippen LogP contribution is 2.14. The molecule has 0 spiro atoms. The molecule has 0 radical (unpaired) electrons. The van der Waals surface area contributed by atoms with Gasteiger partial charge in [-0.25, -0.2) is 4.99 Å². The lowest BCUT2D eigenvalue weighted by Gasteiger charge is -1.97. The Balaban J connectivity index is 2.04. The van der Waals surface area contributed by atoms with Crippen LogP contribution in [0, 0.1) is 10.1 Å². The van der Waals surface area contributed by atoms with Crippen molar-refractivity contribution in [2.24, 2.45) is 10.7 Å². The molecule has 6 nitrogen and oxygen atoms in total. The normalized spacial score (nSPS) is 19.1. The van der Waals surface area contributed by atoms with Crippen LogP contribution in [0.15, 0.2) is 35.3 Å². The van der Waals surface area contributed by atoms with Crippen molar-refractivity contribution >= 4 is 17.8 Å². The van der Waals surface area contributed by atoms with Gasteiger partial charge in [0.1, 0.15) is 12.6 Å². The molecule has 2 N–H and O–H groups in total. The van der Waals surface area contributed by atoms with E-state index < -0.39 is 4.92 Å². The predicted molar refractivity (Wildman–Crippen MR) is 63.5 cm³/mol. The first-order valence-corrected chi connectivity index (χ1v) is 5.04. The Hall–Kier alpha value is -2.37. The molecule has 1 aliphatic heterocycles. The summed E-state index contributed by atoms with van der Waals surface area (Å²) in [5, 5.41) is 10.5. The number of hydrogen-bond acceptors (Lipinski definition) is 5. The van der Waals surface area contributed by atoms with Crippen LogP contribution in [0.4, 0.5) is 5.69 Å². The molecule has 0 aromatic heterocycles. The maximum Gasteiger partial charge on any atom is 0.282 e. The quantitative estimate of drug-likeness (QED) is 0.629. The highest BCUT2D eigenvalue weighted by atomic mass is 16.6. The van der Waals surface area contributed by atoms with E-state index in [9.17, 15) is 10.1 Å². The van der Waals surface area contributed by atoms with Gasteiger partial charge in [-0.1, -0.05) is 12.2 Å². The average Bonchev–Trinajstić information content (AvgIpc) is 2.73. The molecule has 0 amide bonds. The zero-order valence-electron chi connectivity index (χ0n) is 8.95. The van der Waals surface area contributed by atoms with E-state index in [4.69, 9.17) is 10.5 Å². The predicted octanol–water partition coefficient (Wildman–Crippen LogP) is 1.32. The van der Waals surface area contributed by atoms with E-state index >= 15 is 0 Å². The van der Waals surface area contributed by atoms with E-state index in [0.717, 1.165) is 5.56 Å². The van der Waals surface area contributed by atoms with Gasteiger partial charge in [0.25, 0.3) is 11.7 Å². The molecule has 0 aliphatic carbocycles. The molecule has 17 heavy (non-hydrogen) atoms. The molecule has 2 rings (SSSR count). The van der Waals surface area contributed by atoms with E-state index in [-0.39, 0.29) is 17.8 Å². The van der Waals surface area contributed by atoms with Crippen molar-refractivity contribution in [3.8, 4) is 0 Å². The van der Waals surface area contributed by atoms with Gasteiger partial charge in [0, 0.05) is 12.1 Å². The van der Waals surface area contributed by atoms with Gasteiger partial charge < -0.3 is 10.5 Å². The van der Waals surface area contributed by atoms with Crippen LogP contribution < -0.4 is 5.73 Å². The van der Waals surface area contributed by atoms with Gasteiger partial charge in [-0.05, 0) is 17.7 Å². The van der Waals surface area contributed by atoms with Gasteiger partial charge in [0.15, 0.2) is 0 Å². The van der Waals surface area contributed by atoms with Crippen LogP contribution in [0.5, 0.6) is 0 Å². The SMILES string of the molecule is NC1=N[C@@H](C=Cc2ccc([N+](=O)[O-])cc2)CO1.